The number of benzene rings is 2. The second-order valence-corrected chi connectivity index (χ2v) is 4.81. The minimum atomic E-state index is -0.699. The first-order valence-corrected chi connectivity index (χ1v) is 6.35. The van der Waals surface area contributed by atoms with Gasteiger partial charge >= 0.3 is 0 Å². The highest BCUT2D eigenvalue weighted by molar-refractivity contribution is 5.98. The molecule has 20 heavy (non-hydrogen) atoms. The molecule has 1 unspecified atom stereocenters. The number of carbonyl (C=O) groups excluding carboxylic acids is 1. The monoisotopic (exact) mass is 274 g/mol. The number of fused-ring (bicyclic) bond motifs is 1. The van der Waals surface area contributed by atoms with Crippen molar-refractivity contribution >= 4 is 5.78 Å². The van der Waals surface area contributed by atoms with Crippen molar-refractivity contribution in [3.05, 3.63) is 65.2 Å². The van der Waals surface area contributed by atoms with E-state index >= 15 is 0 Å². The van der Waals surface area contributed by atoms with Crippen molar-refractivity contribution in [2.24, 2.45) is 5.92 Å². The summed E-state index contributed by atoms with van der Waals surface area (Å²) in [5, 5.41) is 0. The average molecular weight is 274 g/mol. The molecule has 2 aromatic carbocycles. The number of carbonyl (C=O) groups is 1. The molecule has 0 saturated carbocycles. The van der Waals surface area contributed by atoms with E-state index in [0.717, 1.165) is 29.5 Å². The van der Waals surface area contributed by atoms with E-state index in [1.165, 1.54) is 0 Å². The molecule has 0 bridgehead atoms. The molecule has 2 nitrogen and oxygen atoms in total. The zero-order valence-corrected chi connectivity index (χ0v) is 10.6. The molecule has 1 aliphatic rings. The third kappa shape index (κ3) is 2.29. The van der Waals surface area contributed by atoms with Crippen LogP contribution in [0.4, 0.5) is 8.78 Å². The van der Waals surface area contributed by atoms with Crippen molar-refractivity contribution in [3.63, 3.8) is 0 Å². The Kier molecular flexibility index (Phi) is 3.22. The van der Waals surface area contributed by atoms with Gasteiger partial charge in [0.25, 0.3) is 0 Å². The van der Waals surface area contributed by atoms with Gasteiger partial charge in [0.1, 0.15) is 17.4 Å². The van der Waals surface area contributed by atoms with Crippen molar-refractivity contribution in [2.75, 3.05) is 6.61 Å². The van der Waals surface area contributed by atoms with Crippen molar-refractivity contribution in [1.82, 2.24) is 0 Å². The third-order valence-corrected chi connectivity index (χ3v) is 3.44. The first kappa shape index (κ1) is 12.8. The van der Waals surface area contributed by atoms with Gasteiger partial charge in [0, 0.05) is 0 Å². The van der Waals surface area contributed by atoms with Gasteiger partial charge in [-0.15, -0.1) is 0 Å². The van der Waals surface area contributed by atoms with Crippen LogP contribution in [0.3, 0.4) is 0 Å². The smallest absolute Gasteiger partial charge is 0.172 e. The van der Waals surface area contributed by atoms with Gasteiger partial charge < -0.3 is 4.74 Å². The molecule has 0 fully saturated rings. The fourth-order valence-electron chi connectivity index (χ4n) is 2.40. The summed E-state index contributed by atoms with van der Waals surface area (Å²) in [6.07, 6.45) is 0.477. The second-order valence-electron chi connectivity index (χ2n) is 4.81. The van der Waals surface area contributed by atoms with Crippen LogP contribution in [0.2, 0.25) is 0 Å². The molecule has 0 spiro atoms. The van der Waals surface area contributed by atoms with Gasteiger partial charge in [0.05, 0.1) is 18.1 Å². The molecule has 0 amide bonds. The summed E-state index contributed by atoms with van der Waals surface area (Å²) in [5.41, 5.74) is 0.701. The fourth-order valence-corrected chi connectivity index (χ4v) is 2.40. The van der Waals surface area contributed by atoms with Crippen molar-refractivity contribution in [2.45, 2.75) is 6.42 Å². The van der Waals surface area contributed by atoms with Crippen LogP contribution in [0.1, 0.15) is 15.9 Å². The quantitative estimate of drug-likeness (QED) is 0.785. The number of Topliss-reactive ketones (excluding diaryl/α,β-unsaturated/α-hetero) is 1. The van der Waals surface area contributed by atoms with Crippen LogP contribution < -0.4 is 4.74 Å². The van der Waals surface area contributed by atoms with Gasteiger partial charge in [-0.25, -0.2) is 8.78 Å². The lowest BCUT2D eigenvalue weighted by atomic mass is 9.89. The summed E-state index contributed by atoms with van der Waals surface area (Å²) >= 11 is 0. The Morgan fingerprint density at radius 1 is 1.15 bits per heavy atom. The second kappa shape index (κ2) is 5.04. The van der Waals surface area contributed by atoms with E-state index in [-0.39, 0.29) is 12.2 Å². The maximum absolute atomic E-state index is 13.6. The summed E-state index contributed by atoms with van der Waals surface area (Å²) in [6.45, 7) is 0.186. The first-order chi connectivity index (χ1) is 9.65. The largest absolute Gasteiger partial charge is 0.493 e. The van der Waals surface area contributed by atoms with Crippen molar-refractivity contribution in [1.29, 1.82) is 0 Å². The molecule has 4 heteroatoms. The lowest BCUT2D eigenvalue weighted by Gasteiger charge is -2.24. The Labute approximate surface area is 115 Å². The van der Waals surface area contributed by atoms with E-state index in [9.17, 15) is 13.6 Å². The van der Waals surface area contributed by atoms with Gasteiger partial charge in [0.2, 0.25) is 0 Å². The van der Waals surface area contributed by atoms with Gasteiger partial charge in [0.15, 0.2) is 5.78 Å². The summed E-state index contributed by atoms with van der Waals surface area (Å²) in [5.74, 6) is -1.48. The summed E-state index contributed by atoms with van der Waals surface area (Å²) < 4.78 is 32.3. The Morgan fingerprint density at radius 3 is 2.80 bits per heavy atom. The minimum absolute atomic E-state index is 0.186. The van der Waals surface area contributed by atoms with Crippen molar-refractivity contribution in [3.8, 4) is 5.75 Å². The summed E-state index contributed by atoms with van der Waals surface area (Å²) in [7, 11) is 0. The Hall–Kier alpha value is -2.23. The molecule has 1 aliphatic heterocycles. The van der Waals surface area contributed by atoms with Gasteiger partial charge in [-0.3, -0.25) is 4.79 Å². The Balaban J connectivity index is 1.88. The predicted molar refractivity (Wildman–Crippen MR) is 69.8 cm³/mol. The lowest BCUT2D eigenvalue weighted by molar-refractivity contribution is 0.0850. The molecular formula is C16H12F2O2. The molecule has 0 saturated heterocycles. The molecule has 102 valence electrons. The van der Waals surface area contributed by atoms with E-state index in [0.29, 0.717) is 6.42 Å². The van der Waals surface area contributed by atoms with E-state index in [2.05, 4.69) is 0 Å². The molecule has 1 heterocycles. The van der Waals surface area contributed by atoms with E-state index in [1.54, 1.807) is 0 Å². The number of hydrogen-bond acceptors (Lipinski definition) is 2. The van der Waals surface area contributed by atoms with Crippen LogP contribution in [0, 0.1) is 17.6 Å². The molecule has 0 N–H and O–H groups in total. The number of halogens is 2. The molecule has 0 aromatic heterocycles. The van der Waals surface area contributed by atoms with Crippen LogP contribution in [-0.4, -0.2) is 12.4 Å². The summed E-state index contributed by atoms with van der Waals surface area (Å²) in [6, 6.07) is 10.3. The van der Waals surface area contributed by atoms with Crippen molar-refractivity contribution < 1.29 is 18.3 Å². The van der Waals surface area contributed by atoms with Crippen LogP contribution >= 0.6 is 0 Å². The Morgan fingerprint density at radius 2 is 1.95 bits per heavy atom. The van der Waals surface area contributed by atoms with Crippen LogP contribution in [0.5, 0.6) is 5.75 Å². The summed E-state index contributed by atoms with van der Waals surface area (Å²) in [4.78, 5) is 12.3. The highest BCUT2D eigenvalue weighted by Gasteiger charge is 2.28. The molecule has 2 aromatic rings. The van der Waals surface area contributed by atoms with Crippen LogP contribution in [0.25, 0.3) is 0 Å². The molecule has 0 aliphatic carbocycles. The zero-order chi connectivity index (χ0) is 14.1. The van der Waals surface area contributed by atoms with Gasteiger partial charge in [-0.1, -0.05) is 18.2 Å². The highest BCUT2D eigenvalue weighted by Crippen LogP contribution is 2.29. The van der Waals surface area contributed by atoms with E-state index < -0.39 is 23.3 Å². The fraction of sp³-hybridized carbons (Fsp3) is 0.188. The number of ketones is 1. The third-order valence-electron chi connectivity index (χ3n) is 3.44. The maximum atomic E-state index is 13.6. The van der Waals surface area contributed by atoms with Gasteiger partial charge in [-0.2, -0.15) is 0 Å². The standard InChI is InChI=1S/C16H12F2O2/c17-12-5-6-14(18)13(8-12)16(19)11-7-10-3-1-2-4-15(10)20-9-11/h1-6,8,11H,7,9H2. The molecule has 0 radical (unpaired) electrons. The number of para-hydroxylation sites is 1. The lowest BCUT2D eigenvalue weighted by Crippen LogP contribution is -2.28. The van der Waals surface area contributed by atoms with Gasteiger partial charge in [-0.05, 0) is 36.2 Å². The molecule has 1 atom stereocenters. The number of ether oxygens (including phenoxy) is 1. The zero-order valence-electron chi connectivity index (χ0n) is 10.6. The average Bonchev–Trinajstić information content (AvgIpc) is 2.48. The number of rotatable bonds is 2. The normalized spacial score (nSPS) is 17.2. The topological polar surface area (TPSA) is 26.3 Å². The van der Waals surface area contributed by atoms with Crippen LogP contribution in [-0.2, 0) is 6.42 Å². The first-order valence-electron chi connectivity index (χ1n) is 6.35. The van der Waals surface area contributed by atoms with Crippen LogP contribution in [0.15, 0.2) is 42.5 Å². The predicted octanol–water partition coefficient (Wildman–Crippen LogP) is 3.40. The highest BCUT2D eigenvalue weighted by atomic mass is 19.1. The Bertz CT molecular complexity index is 667. The number of hydrogen-bond donors (Lipinski definition) is 0. The van der Waals surface area contributed by atoms with E-state index in [1.807, 2.05) is 24.3 Å². The maximum Gasteiger partial charge on any atom is 0.172 e. The molecular weight excluding hydrogens is 262 g/mol. The molecule has 3 rings (SSSR count). The van der Waals surface area contributed by atoms with E-state index in [4.69, 9.17) is 4.74 Å². The SMILES string of the molecule is O=C(c1cc(F)ccc1F)C1COc2ccccc2C1. The minimum Gasteiger partial charge on any atom is -0.493 e.